The van der Waals surface area contributed by atoms with Gasteiger partial charge >= 0.3 is 0 Å². The number of carbonyl (C=O) groups is 1. The first-order chi connectivity index (χ1) is 14.6. The Morgan fingerprint density at radius 3 is 2.61 bits per heavy atom. The molecule has 168 valence electrons. The Morgan fingerprint density at radius 2 is 1.94 bits per heavy atom. The minimum atomic E-state index is -3.60. The molecule has 3 rings (SSSR count). The standard InChI is InChI=1S/C23H28Cl2N2O3S/c1-15-6-9-21(16(2)11-15)17(3)26-23(28)18-5-4-10-27(13-18)31(29,30)14-19-7-8-20(24)12-22(19)25/h6-9,11-12,17-18H,4-5,10,13-14H2,1-3H3,(H,26,28). The van der Waals surface area contributed by atoms with Crippen molar-refractivity contribution in [1.82, 2.24) is 9.62 Å². The number of halogens is 2. The first kappa shape index (κ1) is 24.1. The van der Waals surface area contributed by atoms with Crippen LogP contribution in [0, 0.1) is 19.8 Å². The molecule has 0 bridgehead atoms. The van der Waals surface area contributed by atoms with Gasteiger partial charge in [-0.2, -0.15) is 0 Å². The lowest BCUT2D eigenvalue weighted by Crippen LogP contribution is -2.46. The number of benzene rings is 2. The molecule has 0 saturated carbocycles. The molecule has 0 spiro atoms. The zero-order valence-electron chi connectivity index (χ0n) is 18.0. The van der Waals surface area contributed by atoms with Crippen LogP contribution in [0.1, 0.15) is 48.1 Å². The maximum atomic E-state index is 13.0. The molecule has 1 N–H and O–H groups in total. The third-order valence-corrected chi connectivity index (χ3v) is 8.13. The number of nitrogens with one attached hydrogen (secondary N) is 1. The Kier molecular flexibility index (Phi) is 7.68. The molecule has 0 radical (unpaired) electrons. The molecular weight excluding hydrogens is 455 g/mol. The van der Waals surface area contributed by atoms with Gasteiger partial charge in [-0.25, -0.2) is 12.7 Å². The minimum absolute atomic E-state index is 0.114. The van der Waals surface area contributed by atoms with Crippen molar-refractivity contribution in [3.63, 3.8) is 0 Å². The highest BCUT2D eigenvalue weighted by molar-refractivity contribution is 7.88. The highest BCUT2D eigenvalue weighted by atomic mass is 35.5. The van der Waals surface area contributed by atoms with E-state index in [0.29, 0.717) is 35.0 Å². The van der Waals surface area contributed by atoms with Gasteiger partial charge in [-0.05, 0) is 62.4 Å². The number of hydrogen-bond acceptors (Lipinski definition) is 3. The fraction of sp³-hybridized carbons (Fsp3) is 0.435. The summed E-state index contributed by atoms with van der Waals surface area (Å²) in [6, 6.07) is 10.8. The van der Waals surface area contributed by atoms with E-state index in [4.69, 9.17) is 23.2 Å². The predicted molar refractivity (Wildman–Crippen MR) is 126 cm³/mol. The predicted octanol–water partition coefficient (Wildman–Crippen LogP) is 5.03. The van der Waals surface area contributed by atoms with Crippen LogP contribution in [0.3, 0.4) is 0 Å². The van der Waals surface area contributed by atoms with E-state index >= 15 is 0 Å². The SMILES string of the molecule is Cc1ccc(C(C)NC(=O)C2CCCN(S(=O)(=O)Cc3ccc(Cl)cc3Cl)C2)c(C)c1. The lowest BCUT2D eigenvalue weighted by atomic mass is 9.96. The molecule has 31 heavy (non-hydrogen) atoms. The quantitative estimate of drug-likeness (QED) is 0.627. The summed E-state index contributed by atoms with van der Waals surface area (Å²) >= 11 is 12.1. The third kappa shape index (κ3) is 6.01. The fourth-order valence-electron chi connectivity index (χ4n) is 4.06. The average molecular weight is 483 g/mol. The van der Waals surface area contributed by atoms with Crippen molar-refractivity contribution in [3.05, 3.63) is 68.7 Å². The van der Waals surface area contributed by atoms with E-state index in [-0.39, 0.29) is 30.2 Å². The molecule has 2 aromatic rings. The number of aryl methyl sites for hydroxylation is 2. The number of hydrogen-bond donors (Lipinski definition) is 1. The molecule has 2 aromatic carbocycles. The highest BCUT2D eigenvalue weighted by Crippen LogP contribution is 2.27. The molecule has 1 amide bonds. The summed E-state index contributed by atoms with van der Waals surface area (Å²) in [6.07, 6.45) is 1.31. The monoisotopic (exact) mass is 482 g/mol. The van der Waals surface area contributed by atoms with Gasteiger partial charge in [0.15, 0.2) is 0 Å². The van der Waals surface area contributed by atoms with Crippen LogP contribution in [0.4, 0.5) is 0 Å². The van der Waals surface area contributed by atoms with E-state index in [0.717, 1.165) is 11.1 Å². The molecule has 1 heterocycles. The maximum Gasteiger partial charge on any atom is 0.224 e. The summed E-state index contributed by atoms with van der Waals surface area (Å²) in [5.41, 5.74) is 3.87. The van der Waals surface area contributed by atoms with Crippen LogP contribution in [-0.4, -0.2) is 31.7 Å². The van der Waals surface area contributed by atoms with Crippen molar-refractivity contribution in [1.29, 1.82) is 0 Å². The molecule has 8 heteroatoms. The van der Waals surface area contributed by atoms with E-state index in [1.54, 1.807) is 12.1 Å². The second-order valence-electron chi connectivity index (χ2n) is 8.28. The molecule has 1 aliphatic heterocycles. The first-order valence-corrected chi connectivity index (χ1v) is 12.7. The minimum Gasteiger partial charge on any atom is -0.349 e. The molecule has 2 atom stereocenters. The molecular formula is C23H28Cl2N2O3S. The molecule has 1 aliphatic rings. The van der Waals surface area contributed by atoms with Crippen molar-refractivity contribution < 1.29 is 13.2 Å². The number of nitrogens with zero attached hydrogens (tertiary/aromatic N) is 1. The van der Waals surface area contributed by atoms with Gasteiger partial charge in [0.1, 0.15) is 0 Å². The third-order valence-electron chi connectivity index (χ3n) is 5.75. The summed E-state index contributed by atoms with van der Waals surface area (Å²) in [4.78, 5) is 12.9. The molecule has 0 aliphatic carbocycles. The van der Waals surface area contributed by atoms with Crippen molar-refractivity contribution in [2.24, 2.45) is 5.92 Å². The van der Waals surface area contributed by atoms with Gasteiger partial charge in [-0.15, -0.1) is 0 Å². The fourth-order valence-corrected chi connectivity index (χ4v) is 6.25. The smallest absolute Gasteiger partial charge is 0.224 e. The van der Waals surface area contributed by atoms with Gasteiger partial charge in [-0.3, -0.25) is 4.79 Å². The lowest BCUT2D eigenvalue weighted by Gasteiger charge is -2.32. The van der Waals surface area contributed by atoms with Gasteiger partial charge in [0.05, 0.1) is 17.7 Å². The van der Waals surface area contributed by atoms with E-state index in [9.17, 15) is 13.2 Å². The molecule has 5 nitrogen and oxygen atoms in total. The summed E-state index contributed by atoms with van der Waals surface area (Å²) in [5, 5.41) is 3.85. The normalized spacial score (nSPS) is 18.5. The van der Waals surface area contributed by atoms with Crippen LogP contribution >= 0.6 is 23.2 Å². The van der Waals surface area contributed by atoms with Crippen LogP contribution in [0.25, 0.3) is 0 Å². The Morgan fingerprint density at radius 1 is 1.19 bits per heavy atom. The Hall–Kier alpha value is -1.60. The van der Waals surface area contributed by atoms with Crippen LogP contribution < -0.4 is 5.32 Å². The van der Waals surface area contributed by atoms with E-state index in [2.05, 4.69) is 11.4 Å². The zero-order valence-corrected chi connectivity index (χ0v) is 20.3. The molecule has 1 saturated heterocycles. The highest BCUT2D eigenvalue weighted by Gasteiger charge is 2.33. The molecule has 1 fully saturated rings. The van der Waals surface area contributed by atoms with Crippen molar-refractivity contribution in [2.45, 2.75) is 45.4 Å². The van der Waals surface area contributed by atoms with Gasteiger partial charge in [0, 0.05) is 23.1 Å². The Labute approximate surface area is 194 Å². The van der Waals surface area contributed by atoms with Crippen LogP contribution in [0.15, 0.2) is 36.4 Å². The van der Waals surface area contributed by atoms with Crippen molar-refractivity contribution in [3.8, 4) is 0 Å². The van der Waals surface area contributed by atoms with E-state index < -0.39 is 10.0 Å². The van der Waals surface area contributed by atoms with Crippen LogP contribution in [0.2, 0.25) is 10.0 Å². The number of amides is 1. The first-order valence-electron chi connectivity index (χ1n) is 10.4. The number of piperidine rings is 1. The van der Waals surface area contributed by atoms with Gasteiger partial charge < -0.3 is 5.32 Å². The topological polar surface area (TPSA) is 66.5 Å². The van der Waals surface area contributed by atoms with Crippen LogP contribution in [0.5, 0.6) is 0 Å². The second-order valence-corrected chi connectivity index (χ2v) is 11.1. The van der Waals surface area contributed by atoms with E-state index in [1.165, 1.54) is 15.9 Å². The lowest BCUT2D eigenvalue weighted by molar-refractivity contribution is -0.126. The van der Waals surface area contributed by atoms with Crippen molar-refractivity contribution in [2.75, 3.05) is 13.1 Å². The number of carbonyl (C=O) groups excluding carboxylic acids is 1. The summed E-state index contributed by atoms with van der Waals surface area (Å²) in [7, 11) is -3.60. The summed E-state index contributed by atoms with van der Waals surface area (Å²) in [6.45, 7) is 6.61. The Bertz CT molecular complexity index is 1070. The second kappa shape index (κ2) is 9.90. The van der Waals surface area contributed by atoms with Gasteiger partial charge in [-0.1, -0.05) is 53.0 Å². The number of rotatable bonds is 6. The van der Waals surface area contributed by atoms with E-state index in [1.807, 2.05) is 32.9 Å². The summed E-state index contributed by atoms with van der Waals surface area (Å²) < 4.78 is 27.4. The Balaban J connectivity index is 1.66. The zero-order chi connectivity index (χ0) is 22.8. The molecule has 2 unspecified atom stereocenters. The number of sulfonamides is 1. The van der Waals surface area contributed by atoms with Gasteiger partial charge in [0.25, 0.3) is 0 Å². The maximum absolute atomic E-state index is 13.0. The van der Waals surface area contributed by atoms with Crippen LogP contribution in [-0.2, 0) is 20.6 Å². The van der Waals surface area contributed by atoms with Crippen molar-refractivity contribution >= 4 is 39.1 Å². The average Bonchev–Trinajstić information content (AvgIpc) is 2.70. The van der Waals surface area contributed by atoms with Gasteiger partial charge in [0.2, 0.25) is 15.9 Å². The largest absolute Gasteiger partial charge is 0.349 e. The summed E-state index contributed by atoms with van der Waals surface area (Å²) in [5.74, 6) is -0.703. The molecule has 0 aromatic heterocycles.